The highest BCUT2D eigenvalue weighted by atomic mass is 16.5. The Hall–Kier alpha value is -1.65. The summed E-state index contributed by atoms with van der Waals surface area (Å²) in [6.45, 7) is 4.58. The maximum atomic E-state index is 12.3. The van der Waals surface area contributed by atoms with Crippen molar-refractivity contribution in [2.24, 2.45) is 5.92 Å². The number of para-hydroxylation sites is 1. The molecule has 0 aromatic heterocycles. The molecule has 0 radical (unpaired) electrons. The van der Waals surface area contributed by atoms with Gasteiger partial charge in [-0.25, -0.2) is 0 Å². The van der Waals surface area contributed by atoms with E-state index in [0.29, 0.717) is 12.3 Å². The van der Waals surface area contributed by atoms with Crippen molar-refractivity contribution in [3.8, 4) is 5.75 Å². The lowest BCUT2D eigenvalue weighted by atomic mass is 10.1. The first kappa shape index (κ1) is 15.3. The molecule has 4 nitrogen and oxygen atoms in total. The number of ketones is 1. The summed E-state index contributed by atoms with van der Waals surface area (Å²) in [6.07, 6.45) is 3.53. The van der Waals surface area contributed by atoms with E-state index in [1.165, 1.54) is 0 Å². The largest absolute Gasteiger partial charge is 0.496 e. The summed E-state index contributed by atoms with van der Waals surface area (Å²) in [4.78, 5) is 14.7. The summed E-state index contributed by atoms with van der Waals surface area (Å²) in [7, 11) is 1.66. The van der Waals surface area contributed by atoms with Crippen LogP contribution in [0.15, 0.2) is 29.8 Å². The summed E-state index contributed by atoms with van der Waals surface area (Å²) >= 11 is 0. The Balaban J connectivity index is 1.67. The molecule has 1 saturated heterocycles. The van der Waals surface area contributed by atoms with Gasteiger partial charge in [-0.1, -0.05) is 18.2 Å². The van der Waals surface area contributed by atoms with Crippen molar-refractivity contribution < 1.29 is 14.3 Å². The van der Waals surface area contributed by atoms with Crippen LogP contribution in [0.4, 0.5) is 0 Å². The monoisotopic (exact) mass is 301 g/mol. The van der Waals surface area contributed by atoms with E-state index in [1.54, 1.807) is 7.11 Å². The average Bonchev–Trinajstić information content (AvgIpc) is 2.88. The number of nitrogens with zero attached hydrogens (tertiary/aromatic N) is 1. The highest BCUT2D eigenvalue weighted by Crippen LogP contribution is 2.31. The number of ether oxygens (including phenoxy) is 2. The molecule has 1 aliphatic heterocycles. The Bertz CT molecular complexity index is 561. The fraction of sp³-hybridized carbons (Fsp3) is 0.500. The van der Waals surface area contributed by atoms with Crippen LogP contribution in [0.3, 0.4) is 0 Å². The molecule has 0 spiro atoms. The fourth-order valence-electron chi connectivity index (χ4n) is 3.28. The van der Waals surface area contributed by atoms with E-state index in [9.17, 15) is 4.79 Å². The Labute approximate surface area is 131 Å². The minimum Gasteiger partial charge on any atom is -0.496 e. The van der Waals surface area contributed by atoms with Crippen molar-refractivity contribution in [1.82, 2.24) is 4.90 Å². The topological polar surface area (TPSA) is 38.8 Å². The lowest BCUT2D eigenvalue weighted by molar-refractivity contribution is -0.114. The van der Waals surface area contributed by atoms with E-state index < -0.39 is 0 Å². The molecule has 2 fully saturated rings. The van der Waals surface area contributed by atoms with Gasteiger partial charge in [0.05, 0.1) is 20.3 Å². The normalized spacial score (nSPS) is 24.9. The first-order valence-electron chi connectivity index (χ1n) is 7.93. The van der Waals surface area contributed by atoms with Gasteiger partial charge in [0.1, 0.15) is 5.75 Å². The standard InChI is InChI=1S/C18H23NO3/c1-21-18-5-3-2-4-15(18)12-16-10-14(11-17(16)20)13-19-6-8-22-9-7-19/h2-5,12,14H,6-11,13H2,1H3/b16-12+. The van der Waals surface area contributed by atoms with Crippen LogP contribution < -0.4 is 4.74 Å². The zero-order valence-electron chi connectivity index (χ0n) is 13.1. The SMILES string of the molecule is COc1ccccc1/C=C1\CC(CN2CCOCC2)CC1=O. The van der Waals surface area contributed by atoms with Crippen LogP contribution in [0.25, 0.3) is 6.08 Å². The van der Waals surface area contributed by atoms with E-state index >= 15 is 0 Å². The number of rotatable bonds is 4. The van der Waals surface area contributed by atoms with Crippen LogP contribution in [-0.2, 0) is 9.53 Å². The molecule has 1 atom stereocenters. The van der Waals surface area contributed by atoms with E-state index in [4.69, 9.17) is 9.47 Å². The van der Waals surface area contributed by atoms with Crippen LogP contribution in [0, 0.1) is 5.92 Å². The number of Topliss-reactive ketones (excluding diaryl/α,β-unsaturated/α-hetero) is 1. The Morgan fingerprint density at radius 1 is 1.27 bits per heavy atom. The smallest absolute Gasteiger partial charge is 0.159 e. The minimum absolute atomic E-state index is 0.282. The highest BCUT2D eigenvalue weighted by molar-refractivity contribution is 6.02. The average molecular weight is 301 g/mol. The molecule has 3 rings (SSSR count). The Kier molecular flexibility index (Phi) is 4.90. The number of hydrogen-bond acceptors (Lipinski definition) is 4. The first-order valence-corrected chi connectivity index (χ1v) is 7.93. The predicted octanol–water partition coefficient (Wildman–Crippen LogP) is 2.39. The van der Waals surface area contributed by atoms with Gasteiger partial charge in [-0.05, 0) is 30.1 Å². The van der Waals surface area contributed by atoms with Gasteiger partial charge in [-0.3, -0.25) is 9.69 Å². The van der Waals surface area contributed by atoms with Crippen LogP contribution in [-0.4, -0.2) is 50.6 Å². The zero-order valence-corrected chi connectivity index (χ0v) is 13.1. The van der Waals surface area contributed by atoms with Crippen LogP contribution in [0.1, 0.15) is 18.4 Å². The van der Waals surface area contributed by atoms with Crippen LogP contribution in [0.5, 0.6) is 5.75 Å². The lowest BCUT2D eigenvalue weighted by Gasteiger charge is -2.28. The third kappa shape index (κ3) is 3.57. The number of carbonyl (C=O) groups is 1. The van der Waals surface area contributed by atoms with Gasteiger partial charge in [-0.2, -0.15) is 0 Å². The third-order valence-corrected chi connectivity index (χ3v) is 4.43. The molecule has 1 heterocycles. The number of carbonyl (C=O) groups excluding carboxylic acids is 1. The van der Waals surface area contributed by atoms with Gasteiger partial charge < -0.3 is 9.47 Å². The van der Waals surface area contributed by atoms with Gasteiger partial charge in [0.25, 0.3) is 0 Å². The predicted molar refractivity (Wildman–Crippen MR) is 86.0 cm³/mol. The lowest BCUT2D eigenvalue weighted by Crippen LogP contribution is -2.39. The van der Waals surface area contributed by atoms with Gasteiger partial charge in [-0.15, -0.1) is 0 Å². The number of methoxy groups -OCH3 is 1. The minimum atomic E-state index is 0.282. The number of hydrogen-bond donors (Lipinski definition) is 0. The maximum absolute atomic E-state index is 12.3. The molecule has 0 N–H and O–H groups in total. The van der Waals surface area contributed by atoms with Gasteiger partial charge >= 0.3 is 0 Å². The van der Waals surface area contributed by atoms with Crippen LogP contribution >= 0.6 is 0 Å². The molecule has 1 unspecified atom stereocenters. The molecular formula is C18H23NO3. The summed E-state index contributed by atoms with van der Waals surface area (Å²) in [5.41, 5.74) is 1.92. The molecule has 2 aliphatic rings. The molecule has 0 amide bonds. The summed E-state index contributed by atoms with van der Waals surface area (Å²) in [5, 5.41) is 0. The molecular weight excluding hydrogens is 278 g/mol. The summed E-state index contributed by atoms with van der Waals surface area (Å²) < 4.78 is 10.7. The number of morpholine rings is 1. The van der Waals surface area contributed by atoms with Crippen molar-refractivity contribution >= 4 is 11.9 Å². The number of allylic oxidation sites excluding steroid dienone is 1. The van der Waals surface area contributed by atoms with Gasteiger partial charge in [0, 0.05) is 31.6 Å². The second kappa shape index (κ2) is 7.07. The molecule has 1 aliphatic carbocycles. The molecule has 0 bridgehead atoms. The van der Waals surface area contributed by atoms with Crippen molar-refractivity contribution in [3.63, 3.8) is 0 Å². The highest BCUT2D eigenvalue weighted by Gasteiger charge is 2.29. The Morgan fingerprint density at radius 3 is 2.82 bits per heavy atom. The third-order valence-electron chi connectivity index (χ3n) is 4.43. The zero-order chi connectivity index (χ0) is 15.4. The van der Waals surface area contributed by atoms with Crippen molar-refractivity contribution in [1.29, 1.82) is 0 Å². The molecule has 22 heavy (non-hydrogen) atoms. The molecule has 1 aromatic carbocycles. The second-order valence-corrected chi connectivity index (χ2v) is 6.02. The van der Waals surface area contributed by atoms with E-state index in [-0.39, 0.29) is 5.78 Å². The molecule has 4 heteroatoms. The Morgan fingerprint density at radius 2 is 2.05 bits per heavy atom. The molecule has 1 aromatic rings. The van der Waals surface area contributed by atoms with Crippen molar-refractivity contribution in [2.75, 3.05) is 40.0 Å². The second-order valence-electron chi connectivity index (χ2n) is 6.02. The van der Waals surface area contributed by atoms with Crippen molar-refractivity contribution in [2.45, 2.75) is 12.8 Å². The maximum Gasteiger partial charge on any atom is 0.159 e. The number of benzene rings is 1. The van der Waals surface area contributed by atoms with Gasteiger partial charge in [0.15, 0.2) is 5.78 Å². The molecule has 118 valence electrons. The summed E-state index contributed by atoms with van der Waals surface area (Å²) in [6, 6.07) is 7.84. The van der Waals surface area contributed by atoms with Crippen LogP contribution in [0.2, 0.25) is 0 Å². The summed E-state index contributed by atoms with van der Waals surface area (Å²) in [5.74, 6) is 1.54. The van der Waals surface area contributed by atoms with Gasteiger partial charge in [0.2, 0.25) is 0 Å². The van der Waals surface area contributed by atoms with E-state index in [1.807, 2.05) is 30.3 Å². The van der Waals surface area contributed by atoms with E-state index in [2.05, 4.69) is 4.90 Å². The van der Waals surface area contributed by atoms with Crippen molar-refractivity contribution in [3.05, 3.63) is 35.4 Å². The first-order chi connectivity index (χ1) is 10.8. The van der Waals surface area contributed by atoms with E-state index in [0.717, 1.165) is 56.2 Å². The fourth-order valence-corrected chi connectivity index (χ4v) is 3.28. The quantitative estimate of drug-likeness (QED) is 0.801. The molecule has 1 saturated carbocycles.